The van der Waals surface area contributed by atoms with Crippen molar-refractivity contribution in [3.05, 3.63) is 59.2 Å². The van der Waals surface area contributed by atoms with E-state index in [9.17, 15) is 13.2 Å². The Hall–Kier alpha value is -2.34. The number of nitrogens with zero attached hydrogens (tertiary/aromatic N) is 2. The van der Waals surface area contributed by atoms with Gasteiger partial charge in [-0.25, -0.2) is 9.97 Å². The van der Waals surface area contributed by atoms with Gasteiger partial charge in [0.15, 0.2) is 0 Å². The molecule has 1 aromatic carbocycles. The number of anilines is 2. The fourth-order valence-corrected chi connectivity index (χ4v) is 2.14. The number of hydrogen-bond acceptors (Lipinski definition) is 3. The molecule has 0 unspecified atom stereocenters. The van der Waals surface area contributed by atoms with Gasteiger partial charge in [-0.1, -0.05) is 17.7 Å². The normalized spacial score (nSPS) is 11.6. The average molecular weight is 324 g/mol. The smallest absolute Gasteiger partial charge is 0.325 e. The van der Waals surface area contributed by atoms with E-state index in [0.29, 0.717) is 16.4 Å². The molecule has 0 radical (unpaired) electrons. The molecular weight excluding hydrogens is 315 g/mol. The van der Waals surface area contributed by atoms with Crippen LogP contribution in [-0.2, 0) is 6.18 Å². The van der Waals surface area contributed by atoms with Crippen molar-refractivity contribution in [3.63, 3.8) is 0 Å². The molecule has 3 aromatic rings. The summed E-state index contributed by atoms with van der Waals surface area (Å²) >= 11 is 5.89. The van der Waals surface area contributed by atoms with E-state index in [1.54, 1.807) is 30.3 Å². The van der Waals surface area contributed by atoms with Crippen molar-refractivity contribution in [3.8, 4) is 0 Å². The summed E-state index contributed by atoms with van der Waals surface area (Å²) in [5, 5.41) is 4.20. The van der Waals surface area contributed by atoms with E-state index in [4.69, 9.17) is 11.6 Å². The van der Waals surface area contributed by atoms with Gasteiger partial charge in [0, 0.05) is 10.4 Å². The molecule has 0 aliphatic carbocycles. The molecule has 2 heterocycles. The largest absolute Gasteiger partial charge is 0.433 e. The first-order chi connectivity index (χ1) is 10.4. The standard InChI is InChI=1S/C15H9ClF3N3/c16-10-5-6-11-9(8-10)4-7-14(20-11)22-13-3-1-2-12(21-13)15(17,18)19/h1-8H,(H,20,21,22). The molecule has 1 N–H and O–H groups in total. The fraction of sp³-hybridized carbons (Fsp3) is 0.0667. The van der Waals surface area contributed by atoms with Crippen molar-refractivity contribution in [1.29, 1.82) is 0 Å². The van der Waals surface area contributed by atoms with E-state index in [1.165, 1.54) is 12.1 Å². The number of nitrogens with one attached hydrogen (secondary N) is 1. The van der Waals surface area contributed by atoms with Crippen LogP contribution < -0.4 is 5.32 Å². The molecule has 0 saturated carbocycles. The second-order valence-electron chi connectivity index (χ2n) is 4.56. The van der Waals surface area contributed by atoms with Crippen LogP contribution in [-0.4, -0.2) is 9.97 Å². The number of pyridine rings is 2. The Morgan fingerprint density at radius 3 is 2.45 bits per heavy atom. The monoisotopic (exact) mass is 323 g/mol. The topological polar surface area (TPSA) is 37.8 Å². The minimum absolute atomic E-state index is 0.0793. The van der Waals surface area contributed by atoms with Gasteiger partial charge in [0.05, 0.1) is 5.52 Å². The number of halogens is 4. The fourth-order valence-electron chi connectivity index (χ4n) is 1.96. The van der Waals surface area contributed by atoms with Gasteiger partial charge in [-0.05, 0) is 42.5 Å². The first-order valence-electron chi connectivity index (χ1n) is 6.29. The second kappa shape index (κ2) is 5.46. The molecule has 0 spiro atoms. The Balaban J connectivity index is 1.91. The van der Waals surface area contributed by atoms with Crippen LogP contribution >= 0.6 is 11.6 Å². The van der Waals surface area contributed by atoms with Crippen LogP contribution in [0.2, 0.25) is 5.02 Å². The van der Waals surface area contributed by atoms with Crippen LogP contribution in [0.25, 0.3) is 10.9 Å². The van der Waals surface area contributed by atoms with E-state index >= 15 is 0 Å². The number of aromatic nitrogens is 2. The molecule has 3 rings (SSSR count). The molecule has 0 saturated heterocycles. The quantitative estimate of drug-likeness (QED) is 0.717. The summed E-state index contributed by atoms with van der Waals surface area (Å²) in [6.45, 7) is 0. The van der Waals surface area contributed by atoms with Gasteiger partial charge in [0.2, 0.25) is 0 Å². The Bertz CT molecular complexity index is 834. The lowest BCUT2D eigenvalue weighted by molar-refractivity contribution is -0.141. The third-order valence-corrected chi connectivity index (χ3v) is 3.18. The SMILES string of the molecule is FC(F)(F)c1cccc(Nc2ccc3cc(Cl)ccc3n2)n1. The molecule has 22 heavy (non-hydrogen) atoms. The van der Waals surface area contributed by atoms with Crippen LogP contribution in [0.5, 0.6) is 0 Å². The average Bonchev–Trinajstić information content (AvgIpc) is 2.47. The maximum atomic E-state index is 12.6. The van der Waals surface area contributed by atoms with Crippen LogP contribution in [0, 0.1) is 0 Å². The van der Waals surface area contributed by atoms with E-state index < -0.39 is 11.9 Å². The highest BCUT2D eigenvalue weighted by molar-refractivity contribution is 6.31. The van der Waals surface area contributed by atoms with Gasteiger partial charge in [-0.2, -0.15) is 13.2 Å². The van der Waals surface area contributed by atoms with Crippen LogP contribution in [0.15, 0.2) is 48.5 Å². The zero-order valence-corrected chi connectivity index (χ0v) is 11.8. The molecule has 3 nitrogen and oxygen atoms in total. The van der Waals surface area contributed by atoms with Gasteiger partial charge < -0.3 is 5.32 Å². The number of rotatable bonds is 2. The summed E-state index contributed by atoms with van der Waals surface area (Å²) in [5.41, 5.74) is -0.272. The van der Waals surface area contributed by atoms with Crippen molar-refractivity contribution in [2.75, 3.05) is 5.32 Å². The van der Waals surface area contributed by atoms with E-state index in [-0.39, 0.29) is 5.82 Å². The molecule has 0 atom stereocenters. The summed E-state index contributed by atoms with van der Waals surface area (Å²) in [6.07, 6.45) is -4.48. The van der Waals surface area contributed by atoms with Crippen molar-refractivity contribution >= 4 is 34.1 Å². The van der Waals surface area contributed by atoms with Crippen molar-refractivity contribution in [2.45, 2.75) is 6.18 Å². The first kappa shape index (κ1) is 14.6. The predicted octanol–water partition coefficient (Wildman–Crippen LogP) is 5.05. The molecule has 0 aliphatic heterocycles. The molecule has 0 fully saturated rings. The Kier molecular flexibility index (Phi) is 3.62. The van der Waals surface area contributed by atoms with E-state index in [0.717, 1.165) is 11.5 Å². The lowest BCUT2D eigenvalue weighted by Gasteiger charge is -2.09. The number of hydrogen-bond donors (Lipinski definition) is 1. The summed E-state index contributed by atoms with van der Waals surface area (Å²) in [7, 11) is 0. The van der Waals surface area contributed by atoms with Gasteiger partial charge in [-0.15, -0.1) is 0 Å². The minimum atomic E-state index is -4.48. The molecule has 0 amide bonds. The Labute approximate surface area is 128 Å². The maximum Gasteiger partial charge on any atom is 0.433 e. The third-order valence-electron chi connectivity index (χ3n) is 2.95. The van der Waals surface area contributed by atoms with Gasteiger partial charge in [-0.3, -0.25) is 0 Å². The minimum Gasteiger partial charge on any atom is -0.325 e. The van der Waals surface area contributed by atoms with Crippen molar-refractivity contribution < 1.29 is 13.2 Å². The number of fused-ring (bicyclic) bond motifs is 1. The van der Waals surface area contributed by atoms with Crippen LogP contribution in [0.4, 0.5) is 24.8 Å². The van der Waals surface area contributed by atoms with Gasteiger partial charge >= 0.3 is 6.18 Å². The van der Waals surface area contributed by atoms with Gasteiger partial charge in [0.1, 0.15) is 17.3 Å². The molecular formula is C15H9ClF3N3. The second-order valence-corrected chi connectivity index (χ2v) is 5.00. The summed E-state index contributed by atoms with van der Waals surface area (Å²) in [6, 6.07) is 12.3. The van der Waals surface area contributed by atoms with Gasteiger partial charge in [0.25, 0.3) is 0 Å². The Morgan fingerprint density at radius 2 is 1.68 bits per heavy atom. The lowest BCUT2D eigenvalue weighted by Crippen LogP contribution is -2.09. The summed E-state index contributed by atoms with van der Waals surface area (Å²) in [4.78, 5) is 7.85. The third kappa shape index (κ3) is 3.12. The van der Waals surface area contributed by atoms with E-state index in [1.807, 2.05) is 0 Å². The molecule has 0 aliphatic rings. The van der Waals surface area contributed by atoms with Crippen LogP contribution in [0.1, 0.15) is 5.69 Å². The number of benzene rings is 1. The summed E-state index contributed by atoms with van der Waals surface area (Å²) < 4.78 is 37.9. The highest BCUT2D eigenvalue weighted by Gasteiger charge is 2.32. The molecule has 112 valence electrons. The molecule has 7 heteroatoms. The highest BCUT2D eigenvalue weighted by atomic mass is 35.5. The van der Waals surface area contributed by atoms with Crippen molar-refractivity contribution in [2.24, 2.45) is 0 Å². The van der Waals surface area contributed by atoms with Crippen molar-refractivity contribution in [1.82, 2.24) is 9.97 Å². The zero-order valence-electron chi connectivity index (χ0n) is 11.0. The predicted molar refractivity (Wildman–Crippen MR) is 79.3 cm³/mol. The number of alkyl halides is 3. The first-order valence-corrected chi connectivity index (χ1v) is 6.67. The maximum absolute atomic E-state index is 12.6. The highest BCUT2D eigenvalue weighted by Crippen LogP contribution is 2.29. The van der Waals surface area contributed by atoms with Crippen LogP contribution in [0.3, 0.4) is 0 Å². The molecule has 0 bridgehead atoms. The molecule has 2 aromatic heterocycles. The summed E-state index contributed by atoms with van der Waals surface area (Å²) in [5.74, 6) is 0.484. The Morgan fingerprint density at radius 1 is 0.909 bits per heavy atom. The lowest BCUT2D eigenvalue weighted by atomic mass is 10.2. The zero-order chi connectivity index (χ0) is 15.7. The van der Waals surface area contributed by atoms with E-state index in [2.05, 4.69) is 15.3 Å².